The van der Waals surface area contributed by atoms with Crippen molar-refractivity contribution >= 4 is 27.4 Å². The van der Waals surface area contributed by atoms with Crippen LogP contribution in [-0.2, 0) is 6.54 Å². The van der Waals surface area contributed by atoms with Crippen molar-refractivity contribution in [2.24, 2.45) is 0 Å². The van der Waals surface area contributed by atoms with Crippen LogP contribution in [-0.4, -0.2) is 12.3 Å². The zero-order chi connectivity index (χ0) is 14.5. The van der Waals surface area contributed by atoms with Crippen LogP contribution < -0.4 is 4.90 Å². The lowest BCUT2D eigenvalue weighted by Crippen LogP contribution is -2.22. The van der Waals surface area contributed by atoms with E-state index < -0.39 is 0 Å². The lowest BCUT2D eigenvalue weighted by molar-refractivity contribution is 0.101. The number of anilines is 1. The minimum absolute atomic E-state index is 0.0783. The maximum absolute atomic E-state index is 11.5. The summed E-state index contributed by atoms with van der Waals surface area (Å²) in [5.74, 6) is 0.0783. The molecule has 0 amide bonds. The summed E-state index contributed by atoms with van der Waals surface area (Å²) in [5.41, 5.74) is 3.12. The van der Waals surface area contributed by atoms with E-state index in [2.05, 4.69) is 52.0 Å². The van der Waals surface area contributed by atoms with Gasteiger partial charge in [-0.3, -0.25) is 4.79 Å². The molecule has 0 aliphatic carbocycles. The molecule has 0 radical (unpaired) electrons. The molecule has 3 heteroatoms. The summed E-state index contributed by atoms with van der Waals surface area (Å²) in [7, 11) is 0. The first kappa shape index (κ1) is 14.8. The monoisotopic (exact) mass is 331 g/mol. The Morgan fingerprint density at radius 1 is 1.15 bits per heavy atom. The van der Waals surface area contributed by atoms with Gasteiger partial charge in [-0.15, -0.1) is 0 Å². The molecule has 0 N–H and O–H groups in total. The Morgan fingerprint density at radius 3 is 2.40 bits per heavy atom. The molecule has 20 heavy (non-hydrogen) atoms. The number of hydrogen-bond acceptors (Lipinski definition) is 2. The standard InChI is InChI=1S/C17H18BrNO/c1-3-19(12-14-7-5-4-6-8-14)15-9-10-16(13(2)20)17(18)11-15/h4-11H,3,12H2,1-2H3. The van der Waals surface area contributed by atoms with Crippen molar-refractivity contribution in [3.05, 3.63) is 64.1 Å². The fraction of sp³-hybridized carbons (Fsp3) is 0.235. The number of benzene rings is 2. The predicted octanol–water partition coefficient (Wildman–Crippen LogP) is 4.68. The number of carbonyl (C=O) groups is 1. The molecule has 2 aromatic rings. The topological polar surface area (TPSA) is 20.3 Å². The van der Waals surface area contributed by atoms with Gasteiger partial charge in [-0.1, -0.05) is 30.3 Å². The van der Waals surface area contributed by atoms with Crippen LogP contribution in [0.1, 0.15) is 29.8 Å². The highest BCUT2D eigenvalue weighted by Crippen LogP contribution is 2.25. The maximum atomic E-state index is 11.5. The van der Waals surface area contributed by atoms with Crippen molar-refractivity contribution in [3.63, 3.8) is 0 Å². The van der Waals surface area contributed by atoms with Gasteiger partial charge in [0.25, 0.3) is 0 Å². The normalized spacial score (nSPS) is 10.3. The average Bonchev–Trinajstić information content (AvgIpc) is 2.45. The predicted molar refractivity (Wildman–Crippen MR) is 87.3 cm³/mol. The highest BCUT2D eigenvalue weighted by molar-refractivity contribution is 9.10. The maximum Gasteiger partial charge on any atom is 0.160 e. The molecule has 0 fully saturated rings. The summed E-state index contributed by atoms with van der Waals surface area (Å²) in [6.07, 6.45) is 0. The van der Waals surface area contributed by atoms with E-state index in [9.17, 15) is 4.79 Å². The van der Waals surface area contributed by atoms with Crippen molar-refractivity contribution in [2.75, 3.05) is 11.4 Å². The Bertz CT molecular complexity index is 595. The molecule has 0 aliphatic heterocycles. The minimum atomic E-state index is 0.0783. The van der Waals surface area contributed by atoms with Crippen LogP contribution in [0.15, 0.2) is 53.0 Å². The SMILES string of the molecule is CCN(Cc1ccccc1)c1ccc(C(C)=O)c(Br)c1. The van der Waals surface area contributed by atoms with Crippen LogP contribution in [0.5, 0.6) is 0 Å². The summed E-state index contributed by atoms with van der Waals surface area (Å²) in [4.78, 5) is 13.7. The Balaban J connectivity index is 2.24. The van der Waals surface area contributed by atoms with Crippen LogP contribution in [0.4, 0.5) is 5.69 Å². The first-order valence-electron chi connectivity index (χ1n) is 6.71. The molecule has 0 saturated carbocycles. The van der Waals surface area contributed by atoms with Crippen LogP contribution in [0.25, 0.3) is 0 Å². The molecule has 2 aromatic carbocycles. The van der Waals surface area contributed by atoms with Crippen molar-refractivity contribution < 1.29 is 4.79 Å². The molecule has 104 valence electrons. The van der Waals surface area contributed by atoms with Crippen LogP contribution in [0, 0.1) is 0 Å². The fourth-order valence-corrected chi connectivity index (χ4v) is 2.82. The fourth-order valence-electron chi connectivity index (χ4n) is 2.18. The highest BCUT2D eigenvalue weighted by atomic mass is 79.9. The molecule has 0 saturated heterocycles. The molecule has 0 aromatic heterocycles. The van der Waals surface area contributed by atoms with Crippen molar-refractivity contribution in [3.8, 4) is 0 Å². The molecular formula is C17H18BrNO. The van der Waals surface area contributed by atoms with E-state index in [1.807, 2.05) is 24.3 Å². The summed E-state index contributed by atoms with van der Waals surface area (Å²) in [6.45, 7) is 5.50. The van der Waals surface area contributed by atoms with Crippen molar-refractivity contribution in [1.29, 1.82) is 0 Å². The second-order valence-electron chi connectivity index (χ2n) is 4.72. The number of Topliss-reactive ketones (excluding diaryl/α,β-unsaturated/α-hetero) is 1. The minimum Gasteiger partial charge on any atom is -0.367 e. The third kappa shape index (κ3) is 3.48. The second kappa shape index (κ2) is 6.71. The Kier molecular flexibility index (Phi) is 4.96. The van der Waals surface area contributed by atoms with Crippen LogP contribution >= 0.6 is 15.9 Å². The number of carbonyl (C=O) groups excluding carboxylic acids is 1. The Hall–Kier alpha value is -1.61. The first-order chi connectivity index (χ1) is 9.61. The van der Waals surface area contributed by atoms with Gasteiger partial charge in [0.15, 0.2) is 5.78 Å². The van der Waals surface area contributed by atoms with Crippen LogP contribution in [0.3, 0.4) is 0 Å². The molecular weight excluding hydrogens is 314 g/mol. The lowest BCUT2D eigenvalue weighted by Gasteiger charge is -2.24. The van der Waals surface area contributed by atoms with Gasteiger partial charge in [0, 0.05) is 28.8 Å². The second-order valence-corrected chi connectivity index (χ2v) is 5.57. The molecule has 2 nitrogen and oxygen atoms in total. The van der Waals surface area contributed by atoms with Gasteiger partial charge in [-0.2, -0.15) is 0 Å². The quantitative estimate of drug-likeness (QED) is 0.741. The Morgan fingerprint density at radius 2 is 1.85 bits per heavy atom. The highest BCUT2D eigenvalue weighted by Gasteiger charge is 2.10. The van der Waals surface area contributed by atoms with E-state index in [4.69, 9.17) is 0 Å². The summed E-state index contributed by atoms with van der Waals surface area (Å²) < 4.78 is 0.856. The molecule has 0 spiro atoms. The zero-order valence-electron chi connectivity index (χ0n) is 11.8. The number of nitrogens with zero attached hydrogens (tertiary/aromatic N) is 1. The summed E-state index contributed by atoms with van der Waals surface area (Å²) in [5, 5.41) is 0. The molecule has 0 bridgehead atoms. The molecule has 0 aliphatic rings. The van der Waals surface area contributed by atoms with E-state index in [-0.39, 0.29) is 5.78 Å². The lowest BCUT2D eigenvalue weighted by atomic mass is 10.1. The van der Waals surface area contributed by atoms with E-state index in [1.165, 1.54) is 5.56 Å². The van der Waals surface area contributed by atoms with Gasteiger partial charge < -0.3 is 4.90 Å². The molecule has 0 heterocycles. The van der Waals surface area contributed by atoms with Gasteiger partial charge in [-0.05, 0) is 53.5 Å². The smallest absolute Gasteiger partial charge is 0.160 e. The first-order valence-corrected chi connectivity index (χ1v) is 7.50. The van der Waals surface area contributed by atoms with E-state index in [1.54, 1.807) is 6.92 Å². The van der Waals surface area contributed by atoms with Crippen LogP contribution in [0.2, 0.25) is 0 Å². The number of ketones is 1. The van der Waals surface area contributed by atoms with E-state index in [0.717, 1.165) is 28.8 Å². The number of rotatable bonds is 5. The Labute approximate surface area is 128 Å². The van der Waals surface area contributed by atoms with Crippen molar-refractivity contribution in [2.45, 2.75) is 20.4 Å². The van der Waals surface area contributed by atoms with Crippen molar-refractivity contribution in [1.82, 2.24) is 0 Å². The summed E-state index contributed by atoms with van der Waals surface area (Å²) in [6, 6.07) is 16.3. The van der Waals surface area contributed by atoms with E-state index in [0.29, 0.717) is 0 Å². The van der Waals surface area contributed by atoms with Gasteiger partial charge >= 0.3 is 0 Å². The number of halogens is 1. The van der Waals surface area contributed by atoms with E-state index >= 15 is 0 Å². The molecule has 0 atom stereocenters. The summed E-state index contributed by atoms with van der Waals surface area (Å²) >= 11 is 3.48. The third-order valence-corrected chi connectivity index (χ3v) is 3.95. The average molecular weight is 332 g/mol. The van der Waals surface area contributed by atoms with Gasteiger partial charge in [0.2, 0.25) is 0 Å². The third-order valence-electron chi connectivity index (χ3n) is 3.30. The molecule has 0 unspecified atom stereocenters. The largest absolute Gasteiger partial charge is 0.367 e. The van der Waals surface area contributed by atoms with Gasteiger partial charge in [0.1, 0.15) is 0 Å². The zero-order valence-corrected chi connectivity index (χ0v) is 13.4. The number of hydrogen-bond donors (Lipinski definition) is 0. The molecule has 2 rings (SSSR count). The van der Waals surface area contributed by atoms with Gasteiger partial charge in [-0.25, -0.2) is 0 Å². The van der Waals surface area contributed by atoms with Gasteiger partial charge in [0.05, 0.1) is 0 Å².